The van der Waals surface area contributed by atoms with Gasteiger partial charge in [-0.05, 0) is 18.4 Å². The Hall–Kier alpha value is -1.68. The number of para-hydroxylation sites is 1. The van der Waals surface area contributed by atoms with Gasteiger partial charge in [-0.1, -0.05) is 18.2 Å². The van der Waals surface area contributed by atoms with Crippen LogP contribution in [0.3, 0.4) is 0 Å². The van der Waals surface area contributed by atoms with Crippen molar-refractivity contribution in [2.24, 2.45) is 0 Å². The van der Waals surface area contributed by atoms with Gasteiger partial charge >= 0.3 is 0 Å². The molecule has 0 atom stereocenters. The summed E-state index contributed by atoms with van der Waals surface area (Å²) in [4.78, 5) is 4.66. The summed E-state index contributed by atoms with van der Waals surface area (Å²) in [6, 6.07) is 11.1. The summed E-state index contributed by atoms with van der Waals surface area (Å²) in [5, 5.41) is 9.25. The lowest BCUT2D eigenvalue weighted by molar-refractivity contribution is 0.435. The van der Waals surface area contributed by atoms with E-state index in [-0.39, 0.29) is 5.88 Å². The van der Waals surface area contributed by atoms with E-state index in [0.717, 1.165) is 10.6 Å². The van der Waals surface area contributed by atoms with E-state index < -0.39 is 0 Å². The van der Waals surface area contributed by atoms with Gasteiger partial charge in [0.25, 0.3) is 0 Å². The standard InChI is InChI=1S/C12H11NO2S/c1-16-11-7-12(14)13-8-10(11)15-9-5-3-2-4-6-9/h2-8H,1H3,(H,13,14). The number of hydrogen-bond acceptors (Lipinski definition) is 4. The Morgan fingerprint density at radius 2 is 2.00 bits per heavy atom. The van der Waals surface area contributed by atoms with Crippen molar-refractivity contribution in [1.29, 1.82) is 0 Å². The Morgan fingerprint density at radius 3 is 2.69 bits per heavy atom. The lowest BCUT2D eigenvalue weighted by atomic mass is 10.3. The van der Waals surface area contributed by atoms with E-state index in [9.17, 15) is 5.11 Å². The minimum absolute atomic E-state index is 0.00441. The molecular weight excluding hydrogens is 222 g/mol. The Bertz CT molecular complexity index is 474. The molecule has 0 saturated heterocycles. The molecule has 1 aromatic heterocycles. The van der Waals surface area contributed by atoms with Crippen molar-refractivity contribution >= 4 is 11.8 Å². The van der Waals surface area contributed by atoms with Crippen LogP contribution in [-0.4, -0.2) is 16.3 Å². The molecule has 0 saturated carbocycles. The lowest BCUT2D eigenvalue weighted by Crippen LogP contribution is -1.87. The van der Waals surface area contributed by atoms with Crippen LogP contribution in [0.15, 0.2) is 47.5 Å². The molecule has 2 aromatic rings. The van der Waals surface area contributed by atoms with Gasteiger partial charge in [0.1, 0.15) is 5.75 Å². The first-order valence-corrected chi connectivity index (χ1v) is 5.98. The number of aromatic nitrogens is 1. The van der Waals surface area contributed by atoms with Crippen LogP contribution in [0, 0.1) is 0 Å². The summed E-state index contributed by atoms with van der Waals surface area (Å²) in [6.07, 6.45) is 3.45. The molecule has 1 aromatic carbocycles. The van der Waals surface area contributed by atoms with Crippen LogP contribution >= 0.6 is 11.8 Å². The molecule has 0 aliphatic carbocycles. The van der Waals surface area contributed by atoms with Crippen molar-refractivity contribution in [3.05, 3.63) is 42.6 Å². The zero-order valence-electron chi connectivity index (χ0n) is 8.75. The van der Waals surface area contributed by atoms with E-state index in [1.54, 1.807) is 6.07 Å². The SMILES string of the molecule is CSc1cc(O)ncc1Oc1ccccc1. The Morgan fingerprint density at radius 1 is 1.25 bits per heavy atom. The second-order valence-corrected chi connectivity index (χ2v) is 3.96. The van der Waals surface area contributed by atoms with Crippen molar-refractivity contribution in [3.8, 4) is 17.4 Å². The van der Waals surface area contributed by atoms with Gasteiger partial charge in [0.05, 0.1) is 11.1 Å². The van der Waals surface area contributed by atoms with Crippen LogP contribution in [0.2, 0.25) is 0 Å². The van der Waals surface area contributed by atoms with Crippen LogP contribution in [0.4, 0.5) is 0 Å². The van der Waals surface area contributed by atoms with Gasteiger partial charge in [-0.3, -0.25) is 0 Å². The summed E-state index contributed by atoms with van der Waals surface area (Å²) in [5.41, 5.74) is 0. The third-order valence-electron chi connectivity index (χ3n) is 2.01. The maximum atomic E-state index is 9.25. The molecule has 4 heteroatoms. The van der Waals surface area contributed by atoms with Gasteiger partial charge in [-0.15, -0.1) is 11.8 Å². The molecule has 1 N–H and O–H groups in total. The summed E-state index contributed by atoms with van der Waals surface area (Å²) in [7, 11) is 0. The molecule has 0 aliphatic rings. The van der Waals surface area contributed by atoms with Gasteiger partial charge < -0.3 is 9.84 Å². The number of benzene rings is 1. The molecule has 0 bridgehead atoms. The van der Waals surface area contributed by atoms with Crippen molar-refractivity contribution < 1.29 is 9.84 Å². The highest BCUT2D eigenvalue weighted by atomic mass is 32.2. The third kappa shape index (κ3) is 2.46. The average molecular weight is 233 g/mol. The second kappa shape index (κ2) is 4.90. The zero-order chi connectivity index (χ0) is 11.4. The lowest BCUT2D eigenvalue weighted by Gasteiger charge is -2.08. The van der Waals surface area contributed by atoms with Crippen LogP contribution in [0.25, 0.3) is 0 Å². The number of ether oxygens (including phenoxy) is 1. The number of nitrogens with zero attached hydrogens (tertiary/aromatic N) is 1. The molecule has 0 radical (unpaired) electrons. The van der Waals surface area contributed by atoms with E-state index in [1.807, 2.05) is 36.6 Å². The predicted octanol–water partition coefficient (Wildman–Crippen LogP) is 3.30. The van der Waals surface area contributed by atoms with Crippen molar-refractivity contribution in [2.75, 3.05) is 6.26 Å². The van der Waals surface area contributed by atoms with Crippen LogP contribution in [-0.2, 0) is 0 Å². The fourth-order valence-corrected chi connectivity index (χ4v) is 1.78. The van der Waals surface area contributed by atoms with Crippen LogP contribution < -0.4 is 4.74 Å². The summed E-state index contributed by atoms with van der Waals surface area (Å²) < 4.78 is 5.66. The largest absolute Gasteiger partial charge is 0.493 e. The first-order chi connectivity index (χ1) is 7.79. The van der Waals surface area contributed by atoms with Gasteiger partial charge in [0.2, 0.25) is 5.88 Å². The summed E-state index contributed by atoms with van der Waals surface area (Å²) >= 11 is 1.50. The Labute approximate surface area is 98.1 Å². The molecule has 16 heavy (non-hydrogen) atoms. The summed E-state index contributed by atoms with van der Waals surface area (Å²) in [6.45, 7) is 0. The monoisotopic (exact) mass is 233 g/mol. The molecule has 0 spiro atoms. The van der Waals surface area contributed by atoms with E-state index >= 15 is 0 Å². The number of pyridine rings is 1. The fraction of sp³-hybridized carbons (Fsp3) is 0.0833. The molecule has 0 amide bonds. The molecule has 1 heterocycles. The molecule has 0 aliphatic heterocycles. The molecule has 82 valence electrons. The average Bonchev–Trinajstić information content (AvgIpc) is 2.33. The zero-order valence-corrected chi connectivity index (χ0v) is 9.57. The molecule has 0 fully saturated rings. The van der Waals surface area contributed by atoms with E-state index in [0.29, 0.717) is 5.75 Å². The quantitative estimate of drug-likeness (QED) is 0.826. The molecular formula is C12H11NO2S. The van der Waals surface area contributed by atoms with Crippen LogP contribution in [0.1, 0.15) is 0 Å². The number of rotatable bonds is 3. The van der Waals surface area contributed by atoms with Crippen molar-refractivity contribution in [3.63, 3.8) is 0 Å². The van der Waals surface area contributed by atoms with Gasteiger partial charge in [-0.25, -0.2) is 4.98 Å². The number of aromatic hydroxyl groups is 1. The number of hydrogen-bond donors (Lipinski definition) is 1. The van der Waals surface area contributed by atoms with Gasteiger partial charge in [0.15, 0.2) is 5.75 Å². The highest BCUT2D eigenvalue weighted by Crippen LogP contribution is 2.32. The minimum Gasteiger partial charge on any atom is -0.493 e. The van der Waals surface area contributed by atoms with Crippen molar-refractivity contribution in [1.82, 2.24) is 4.98 Å². The predicted molar refractivity (Wildman–Crippen MR) is 64.2 cm³/mol. The number of thioether (sulfide) groups is 1. The maximum absolute atomic E-state index is 9.25. The van der Waals surface area contributed by atoms with Crippen LogP contribution in [0.5, 0.6) is 17.4 Å². The Balaban J connectivity index is 2.28. The van der Waals surface area contributed by atoms with E-state index in [2.05, 4.69) is 4.98 Å². The third-order valence-corrected chi connectivity index (χ3v) is 2.77. The highest BCUT2D eigenvalue weighted by Gasteiger charge is 2.06. The maximum Gasteiger partial charge on any atom is 0.212 e. The first kappa shape index (κ1) is 10.8. The smallest absolute Gasteiger partial charge is 0.212 e. The van der Waals surface area contributed by atoms with Gasteiger partial charge in [-0.2, -0.15) is 0 Å². The van der Waals surface area contributed by atoms with E-state index in [1.165, 1.54) is 18.0 Å². The highest BCUT2D eigenvalue weighted by molar-refractivity contribution is 7.98. The Kier molecular flexibility index (Phi) is 3.31. The molecule has 2 rings (SSSR count). The van der Waals surface area contributed by atoms with Gasteiger partial charge in [0, 0.05) is 6.07 Å². The topological polar surface area (TPSA) is 42.4 Å². The van der Waals surface area contributed by atoms with E-state index in [4.69, 9.17) is 4.74 Å². The fourth-order valence-electron chi connectivity index (χ4n) is 1.27. The molecule has 3 nitrogen and oxygen atoms in total. The molecule has 0 unspecified atom stereocenters. The minimum atomic E-state index is 0.00441. The second-order valence-electron chi connectivity index (χ2n) is 3.11. The normalized spacial score (nSPS) is 10.1. The summed E-state index contributed by atoms with van der Waals surface area (Å²) in [5.74, 6) is 1.41. The van der Waals surface area contributed by atoms with Crippen molar-refractivity contribution in [2.45, 2.75) is 4.90 Å². The first-order valence-electron chi connectivity index (χ1n) is 4.75.